The first-order valence-corrected chi connectivity index (χ1v) is 7.72. The predicted octanol–water partition coefficient (Wildman–Crippen LogP) is 3.92. The van der Waals surface area contributed by atoms with Gasteiger partial charge in [0.15, 0.2) is 0 Å². The minimum absolute atomic E-state index is 0. The maximum absolute atomic E-state index is 6.40. The third-order valence-electron chi connectivity index (χ3n) is 3.59. The molecule has 2 aromatic rings. The lowest BCUT2D eigenvalue weighted by Gasteiger charge is -2.16. The highest BCUT2D eigenvalue weighted by atomic mass is 35.5. The van der Waals surface area contributed by atoms with Crippen molar-refractivity contribution in [3.63, 3.8) is 0 Å². The molecule has 0 saturated carbocycles. The summed E-state index contributed by atoms with van der Waals surface area (Å²) < 4.78 is 5.97. The Labute approximate surface area is 148 Å². The monoisotopic (exact) mass is 350 g/mol. The molecule has 122 valence electrons. The zero-order valence-electron chi connectivity index (χ0n) is 13.2. The van der Waals surface area contributed by atoms with E-state index in [-0.39, 0.29) is 18.4 Å². The summed E-state index contributed by atoms with van der Waals surface area (Å²) in [4.78, 5) is 7.08. The third-order valence-corrected chi connectivity index (χ3v) is 3.92. The van der Waals surface area contributed by atoms with Gasteiger partial charge in [0.2, 0.25) is 0 Å². The van der Waals surface area contributed by atoms with Gasteiger partial charge in [-0.05, 0) is 32.3 Å². The molecule has 0 radical (unpaired) electrons. The van der Waals surface area contributed by atoms with Gasteiger partial charge in [-0.2, -0.15) is 0 Å². The minimum Gasteiger partial charge on any atom is -0.491 e. The van der Waals surface area contributed by atoms with Crippen LogP contribution in [-0.4, -0.2) is 43.9 Å². The molecule has 0 aromatic heterocycles. The standard InChI is InChI=1S/C18H19ClN2O.ClH/c1-21(2)11-13-12-22-17-10-6-4-8-15(17)18(20-13)14-7-3-5-9-16(14)19;/h3-10,13H,11-12H2,1-2H3;1H. The number of benzene rings is 2. The van der Waals surface area contributed by atoms with Crippen LogP contribution in [0.4, 0.5) is 0 Å². The van der Waals surface area contributed by atoms with Crippen LogP contribution in [-0.2, 0) is 0 Å². The fourth-order valence-corrected chi connectivity index (χ4v) is 2.87. The zero-order chi connectivity index (χ0) is 15.5. The highest BCUT2D eigenvalue weighted by Crippen LogP contribution is 2.28. The third kappa shape index (κ3) is 4.05. The molecule has 0 spiro atoms. The van der Waals surface area contributed by atoms with Crippen LogP contribution in [0.25, 0.3) is 0 Å². The molecule has 1 aliphatic heterocycles. The van der Waals surface area contributed by atoms with Crippen molar-refractivity contribution in [1.82, 2.24) is 4.90 Å². The molecule has 23 heavy (non-hydrogen) atoms. The second-order valence-electron chi connectivity index (χ2n) is 5.68. The number of ether oxygens (including phenoxy) is 1. The van der Waals surface area contributed by atoms with E-state index in [1.165, 1.54) is 0 Å². The second-order valence-corrected chi connectivity index (χ2v) is 6.09. The molecule has 1 heterocycles. The maximum Gasteiger partial charge on any atom is 0.128 e. The van der Waals surface area contributed by atoms with Gasteiger partial charge in [0, 0.05) is 22.7 Å². The van der Waals surface area contributed by atoms with Crippen molar-refractivity contribution in [1.29, 1.82) is 0 Å². The molecule has 3 nitrogen and oxygen atoms in total. The zero-order valence-corrected chi connectivity index (χ0v) is 14.8. The number of aliphatic imine (C=N–C) groups is 1. The first-order valence-electron chi connectivity index (χ1n) is 7.35. The smallest absolute Gasteiger partial charge is 0.128 e. The van der Waals surface area contributed by atoms with Crippen LogP contribution in [0.1, 0.15) is 11.1 Å². The van der Waals surface area contributed by atoms with Crippen molar-refractivity contribution >= 4 is 29.7 Å². The molecule has 3 rings (SSSR count). The van der Waals surface area contributed by atoms with E-state index in [9.17, 15) is 0 Å². The van der Waals surface area contributed by atoms with E-state index in [1.54, 1.807) is 0 Å². The molecular weight excluding hydrogens is 331 g/mol. The number of rotatable bonds is 3. The van der Waals surface area contributed by atoms with Gasteiger partial charge in [-0.1, -0.05) is 41.9 Å². The molecule has 1 unspecified atom stereocenters. The lowest BCUT2D eigenvalue weighted by molar-refractivity contribution is 0.258. The van der Waals surface area contributed by atoms with Gasteiger partial charge in [-0.3, -0.25) is 4.99 Å². The number of hydrogen-bond donors (Lipinski definition) is 0. The Kier molecular flexibility index (Phi) is 6.05. The Balaban J connectivity index is 0.00000192. The van der Waals surface area contributed by atoms with Crippen LogP contribution >= 0.6 is 24.0 Å². The van der Waals surface area contributed by atoms with Crippen LogP contribution in [0.3, 0.4) is 0 Å². The van der Waals surface area contributed by atoms with E-state index in [2.05, 4.69) is 4.90 Å². The van der Waals surface area contributed by atoms with E-state index in [1.807, 2.05) is 62.6 Å². The van der Waals surface area contributed by atoms with Crippen LogP contribution < -0.4 is 4.74 Å². The topological polar surface area (TPSA) is 24.8 Å². The SMILES string of the molecule is CN(C)CC1COc2ccccc2C(c2ccccc2Cl)=N1.Cl. The van der Waals surface area contributed by atoms with E-state index in [4.69, 9.17) is 21.3 Å². The number of halogens is 2. The number of hydrogen-bond acceptors (Lipinski definition) is 3. The minimum atomic E-state index is 0. The van der Waals surface area contributed by atoms with Crippen molar-refractivity contribution < 1.29 is 4.74 Å². The van der Waals surface area contributed by atoms with Gasteiger partial charge < -0.3 is 9.64 Å². The van der Waals surface area contributed by atoms with Gasteiger partial charge in [0.25, 0.3) is 0 Å². The van der Waals surface area contributed by atoms with Crippen molar-refractivity contribution in [3.8, 4) is 5.75 Å². The fraction of sp³-hybridized carbons (Fsp3) is 0.278. The van der Waals surface area contributed by atoms with Crippen molar-refractivity contribution in [2.45, 2.75) is 6.04 Å². The Morgan fingerprint density at radius 1 is 1.09 bits per heavy atom. The van der Waals surface area contributed by atoms with Gasteiger partial charge in [0.05, 0.1) is 11.8 Å². The summed E-state index contributed by atoms with van der Waals surface area (Å²) in [6, 6.07) is 15.9. The summed E-state index contributed by atoms with van der Waals surface area (Å²) in [6.45, 7) is 1.41. The van der Waals surface area contributed by atoms with Crippen molar-refractivity contribution in [2.24, 2.45) is 4.99 Å². The molecule has 0 saturated heterocycles. The molecule has 2 aromatic carbocycles. The van der Waals surface area contributed by atoms with Gasteiger partial charge in [0.1, 0.15) is 12.4 Å². The fourth-order valence-electron chi connectivity index (χ4n) is 2.65. The van der Waals surface area contributed by atoms with Crippen molar-refractivity contribution in [2.75, 3.05) is 27.2 Å². The number of nitrogens with zero attached hydrogens (tertiary/aromatic N) is 2. The molecule has 0 fully saturated rings. The number of para-hydroxylation sites is 1. The first-order chi connectivity index (χ1) is 10.6. The summed E-state index contributed by atoms with van der Waals surface area (Å²) in [7, 11) is 4.09. The lowest BCUT2D eigenvalue weighted by atomic mass is 10.0. The van der Waals surface area contributed by atoms with E-state index < -0.39 is 0 Å². The van der Waals surface area contributed by atoms with Gasteiger partial charge >= 0.3 is 0 Å². The van der Waals surface area contributed by atoms with E-state index in [0.29, 0.717) is 11.6 Å². The Bertz CT molecular complexity index is 701. The summed E-state index contributed by atoms with van der Waals surface area (Å²) >= 11 is 6.40. The Morgan fingerprint density at radius 2 is 1.74 bits per heavy atom. The van der Waals surface area contributed by atoms with Crippen LogP contribution in [0, 0.1) is 0 Å². The second kappa shape index (κ2) is 7.82. The number of fused-ring (bicyclic) bond motifs is 1. The largest absolute Gasteiger partial charge is 0.491 e. The lowest BCUT2D eigenvalue weighted by Crippen LogP contribution is -2.29. The number of likely N-dealkylation sites (N-methyl/N-ethyl adjacent to an activating group) is 1. The van der Waals surface area contributed by atoms with E-state index in [0.717, 1.165) is 29.1 Å². The molecular formula is C18H20Cl2N2O. The van der Waals surface area contributed by atoms with Crippen molar-refractivity contribution in [3.05, 3.63) is 64.7 Å². The quantitative estimate of drug-likeness (QED) is 0.837. The molecule has 5 heteroatoms. The first kappa shape index (κ1) is 17.8. The summed E-state index contributed by atoms with van der Waals surface area (Å²) in [5.41, 5.74) is 2.85. The normalized spacial score (nSPS) is 16.7. The van der Waals surface area contributed by atoms with Crippen LogP contribution in [0.2, 0.25) is 5.02 Å². The van der Waals surface area contributed by atoms with Gasteiger partial charge in [-0.15, -0.1) is 12.4 Å². The molecule has 1 atom stereocenters. The summed E-state index contributed by atoms with van der Waals surface area (Å²) in [6.07, 6.45) is 0. The predicted molar refractivity (Wildman–Crippen MR) is 98.6 cm³/mol. The molecule has 0 amide bonds. The Morgan fingerprint density at radius 3 is 2.43 bits per heavy atom. The highest BCUT2D eigenvalue weighted by Gasteiger charge is 2.22. The average Bonchev–Trinajstić information content (AvgIpc) is 2.67. The summed E-state index contributed by atoms with van der Waals surface area (Å²) in [5, 5.41) is 0.710. The molecule has 0 aliphatic carbocycles. The average molecular weight is 351 g/mol. The Hall–Kier alpha value is -1.55. The van der Waals surface area contributed by atoms with Crippen LogP contribution in [0.15, 0.2) is 53.5 Å². The highest BCUT2D eigenvalue weighted by molar-refractivity contribution is 6.35. The van der Waals surface area contributed by atoms with Gasteiger partial charge in [-0.25, -0.2) is 0 Å². The molecule has 1 aliphatic rings. The van der Waals surface area contributed by atoms with E-state index >= 15 is 0 Å². The van der Waals surface area contributed by atoms with Crippen LogP contribution in [0.5, 0.6) is 5.75 Å². The molecule has 0 bridgehead atoms. The maximum atomic E-state index is 6.40. The summed E-state index contributed by atoms with van der Waals surface area (Å²) in [5.74, 6) is 0.863. The molecule has 0 N–H and O–H groups in total.